The first-order chi connectivity index (χ1) is 1.41. The van der Waals surface area contributed by atoms with E-state index in [0.717, 1.165) is 0 Å². The molecule has 0 aromatic rings. The van der Waals surface area contributed by atoms with Gasteiger partial charge in [0, 0.05) is 51.4 Å². The van der Waals surface area contributed by atoms with Crippen LogP contribution in [0.5, 0.6) is 0 Å². The Morgan fingerprint density at radius 1 is 1.75 bits per heavy atom. The monoisotopic (exact) mass is 86.0 g/mol. The van der Waals surface area contributed by atoms with E-state index in [1.807, 2.05) is 0 Å². The Morgan fingerprint density at radius 2 is 1.75 bits per heavy atom. The summed E-state index contributed by atoms with van der Waals surface area (Å²) < 4.78 is 0. The topological polar surface area (TPSA) is 49.7 Å². The van der Waals surface area contributed by atoms with E-state index in [-0.39, 0.29) is 51.4 Å². The van der Waals surface area contributed by atoms with E-state index >= 15 is 0 Å². The molecule has 0 unspecified atom stereocenters. The van der Waals surface area contributed by atoms with Crippen LogP contribution < -0.4 is 0 Å². The van der Waals surface area contributed by atoms with Crippen molar-refractivity contribution < 1.29 is 5.21 Å². The van der Waals surface area contributed by atoms with Crippen molar-refractivity contribution in [3.63, 3.8) is 0 Å². The molecule has 0 spiro atoms. The van der Waals surface area contributed by atoms with Gasteiger partial charge in [0.15, 0.2) is 5.34 Å². The largest absolute Gasteiger partial charge is 0.379 e. The average molecular weight is 86.1 g/mol. The maximum absolute atomic E-state index is 8.11. The third-order valence-corrected chi connectivity index (χ3v) is 0. The summed E-state index contributed by atoms with van der Waals surface area (Å²) in [6, 6.07) is 0. The molecule has 0 aromatic heterocycles. The average Bonchev–Trinajstić information content (AvgIpc) is 0.918. The zero-order chi connectivity index (χ0) is 2.71. The molecular formula is HKNO2. The van der Waals surface area contributed by atoms with Crippen molar-refractivity contribution in [2.45, 2.75) is 0 Å². The van der Waals surface area contributed by atoms with E-state index < -0.39 is 0 Å². The quantitative estimate of drug-likeness (QED) is 0.251. The molecule has 0 rings (SSSR count). The third-order valence-electron chi connectivity index (χ3n) is 0. The Balaban J connectivity index is 0. The molecule has 0 saturated heterocycles. The predicted octanol–water partition coefficient (Wildman–Crippen LogP) is -0.239. The third kappa shape index (κ3) is 11.7. The Hall–Kier alpha value is 1.04. The number of rotatable bonds is 0. The van der Waals surface area contributed by atoms with Gasteiger partial charge in [-0.05, 0) is 0 Å². The van der Waals surface area contributed by atoms with Crippen LogP contribution in [0.1, 0.15) is 0 Å². The molecule has 0 heterocycles. The van der Waals surface area contributed by atoms with Crippen molar-refractivity contribution in [2.24, 2.45) is 5.34 Å². The Bertz CT molecular complexity index is 13.5. The predicted molar refractivity (Wildman–Crippen MR) is 13.3 cm³/mol. The summed E-state index contributed by atoms with van der Waals surface area (Å²) in [4.78, 5) is 8.11. The summed E-state index contributed by atoms with van der Waals surface area (Å²) in [5.74, 6) is 0. The number of hydrogen-bond acceptors (Lipinski definition) is 2. The normalized spacial score (nSPS) is 3.00. The van der Waals surface area contributed by atoms with Crippen molar-refractivity contribution in [2.75, 3.05) is 0 Å². The molecule has 3 nitrogen and oxygen atoms in total. The van der Waals surface area contributed by atoms with Gasteiger partial charge >= 0.3 is 0 Å². The van der Waals surface area contributed by atoms with Crippen molar-refractivity contribution in [1.29, 1.82) is 0 Å². The van der Waals surface area contributed by atoms with Gasteiger partial charge in [-0.25, -0.2) is 0 Å². The van der Waals surface area contributed by atoms with Gasteiger partial charge in [-0.3, -0.25) is 0 Å². The minimum absolute atomic E-state index is 0. The molecule has 4 heavy (non-hydrogen) atoms. The van der Waals surface area contributed by atoms with Gasteiger partial charge in [0.1, 0.15) is 0 Å². The zero-order valence-corrected chi connectivity index (χ0v) is 5.43. The molecule has 0 amide bonds. The van der Waals surface area contributed by atoms with Gasteiger partial charge < -0.3 is 5.21 Å². The van der Waals surface area contributed by atoms with Crippen LogP contribution in [0.4, 0.5) is 0 Å². The first kappa shape index (κ1) is 8.90. The molecule has 0 aliphatic heterocycles. The summed E-state index contributed by atoms with van der Waals surface area (Å²) in [6.07, 6.45) is 0. The molecule has 0 atom stereocenters. The SMILES string of the molecule is O=NO.[K]. The minimum Gasteiger partial charge on any atom is -0.379 e. The second-order valence-corrected chi connectivity index (χ2v) is 0.0816. The number of nitrogens with zero attached hydrogens (tertiary/aromatic N) is 1. The van der Waals surface area contributed by atoms with Gasteiger partial charge in [-0.1, -0.05) is 0 Å². The van der Waals surface area contributed by atoms with Gasteiger partial charge in [0.2, 0.25) is 0 Å². The van der Waals surface area contributed by atoms with Crippen molar-refractivity contribution in [3.05, 3.63) is 4.91 Å². The van der Waals surface area contributed by atoms with Crippen molar-refractivity contribution in [1.82, 2.24) is 0 Å². The molecule has 0 aliphatic rings. The number of hydrogen-bond donors (Lipinski definition) is 1. The summed E-state index contributed by atoms with van der Waals surface area (Å²) in [6.45, 7) is 0. The molecule has 0 aromatic carbocycles. The smallest absolute Gasteiger partial charge is 0.152 e. The molecule has 0 bridgehead atoms. The summed E-state index contributed by atoms with van der Waals surface area (Å²) in [5, 5.41) is 7.89. The standard InChI is InChI=1S/K.HNO2/c;2-1-3/h;(H,2,3). The second kappa shape index (κ2) is 8.97. The molecule has 0 aliphatic carbocycles. The molecule has 0 saturated carbocycles. The van der Waals surface area contributed by atoms with E-state index in [4.69, 9.17) is 10.1 Å². The zero-order valence-electron chi connectivity index (χ0n) is 2.30. The fourth-order valence-corrected chi connectivity index (χ4v) is 0. The Morgan fingerprint density at radius 3 is 1.75 bits per heavy atom. The molecular weight excluding hydrogens is 85.1 g/mol. The van der Waals surface area contributed by atoms with E-state index in [1.165, 1.54) is 5.34 Å². The van der Waals surface area contributed by atoms with E-state index in [0.29, 0.717) is 0 Å². The first-order valence-corrected chi connectivity index (χ1v) is 0.383. The van der Waals surface area contributed by atoms with Crippen LogP contribution in [0.25, 0.3) is 0 Å². The van der Waals surface area contributed by atoms with Crippen LogP contribution >= 0.6 is 0 Å². The summed E-state index contributed by atoms with van der Waals surface area (Å²) >= 11 is 0. The van der Waals surface area contributed by atoms with E-state index in [9.17, 15) is 0 Å². The van der Waals surface area contributed by atoms with E-state index in [1.54, 1.807) is 0 Å². The maximum Gasteiger partial charge on any atom is 0.152 e. The van der Waals surface area contributed by atoms with Crippen LogP contribution in [0.3, 0.4) is 0 Å². The van der Waals surface area contributed by atoms with Gasteiger partial charge in [0.05, 0.1) is 0 Å². The van der Waals surface area contributed by atoms with E-state index in [2.05, 4.69) is 0 Å². The van der Waals surface area contributed by atoms with Crippen molar-refractivity contribution >= 4 is 51.4 Å². The van der Waals surface area contributed by atoms with Crippen LogP contribution in [-0.4, -0.2) is 56.6 Å². The molecule has 19 valence electrons. The summed E-state index contributed by atoms with van der Waals surface area (Å²) in [7, 11) is 0. The van der Waals surface area contributed by atoms with Crippen LogP contribution in [-0.2, 0) is 0 Å². The fourth-order valence-electron chi connectivity index (χ4n) is 0. The molecule has 1 radical (unpaired) electrons. The second-order valence-electron chi connectivity index (χ2n) is 0.0816. The first-order valence-electron chi connectivity index (χ1n) is 0.383. The minimum atomic E-state index is 0. The maximum atomic E-state index is 8.11. The Kier molecular flexibility index (Phi) is 20.0. The molecule has 4 heteroatoms. The van der Waals surface area contributed by atoms with Crippen LogP contribution in [0.15, 0.2) is 5.34 Å². The van der Waals surface area contributed by atoms with Gasteiger partial charge in [-0.2, -0.15) is 0 Å². The fraction of sp³-hybridized carbons (Fsp3) is 0. The van der Waals surface area contributed by atoms with Gasteiger partial charge in [-0.15, -0.1) is 4.91 Å². The summed E-state index contributed by atoms with van der Waals surface area (Å²) in [5.41, 5.74) is 0. The van der Waals surface area contributed by atoms with Gasteiger partial charge in [0.25, 0.3) is 0 Å². The molecule has 0 fully saturated rings. The Labute approximate surface area is 65.7 Å². The van der Waals surface area contributed by atoms with Crippen LogP contribution in [0.2, 0.25) is 0 Å². The van der Waals surface area contributed by atoms with Crippen molar-refractivity contribution in [3.8, 4) is 0 Å². The van der Waals surface area contributed by atoms with Crippen LogP contribution in [0, 0.1) is 4.91 Å². The molecule has 1 N–H and O–H groups in total.